The first-order valence-corrected chi connectivity index (χ1v) is 8.80. The molecular formula is C21H24FNO3. The molecule has 5 heteroatoms. The van der Waals surface area contributed by atoms with Gasteiger partial charge in [-0.25, -0.2) is 4.39 Å². The van der Waals surface area contributed by atoms with Gasteiger partial charge in [-0.1, -0.05) is 24.3 Å². The predicted octanol–water partition coefficient (Wildman–Crippen LogP) is 3.83. The van der Waals surface area contributed by atoms with E-state index in [0.717, 1.165) is 23.4 Å². The number of aliphatic carboxylic acids is 1. The Morgan fingerprint density at radius 3 is 2.58 bits per heavy atom. The molecule has 2 aromatic rings. The highest BCUT2D eigenvalue weighted by molar-refractivity contribution is 5.70. The molecule has 0 bridgehead atoms. The molecule has 0 spiro atoms. The zero-order chi connectivity index (χ0) is 18.7. The third-order valence-corrected chi connectivity index (χ3v) is 5.09. The molecule has 1 saturated heterocycles. The average Bonchev–Trinajstić information content (AvgIpc) is 2.64. The van der Waals surface area contributed by atoms with Gasteiger partial charge in [0, 0.05) is 19.6 Å². The largest absolute Gasteiger partial charge is 0.497 e. The maximum absolute atomic E-state index is 13.6. The van der Waals surface area contributed by atoms with Gasteiger partial charge in [0.2, 0.25) is 0 Å². The number of piperidine rings is 1. The molecule has 1 heterocycles. The first-order valence-electron chi connectivity index (χ1n) is 8.80. The summed E-state index contributed by atoms with van der Waals surface area (Å²) in [5, 5.41) is 9.55. The number of benzene rings is 2. The molecule has 138 valence electrons. The summed E-state index contributed by atoms with van der Waals surface area (Å²) in [6.07, 6.45) is 0.583. The van der Waals surface area contributed by atoms with Gasteiger partial charge in [-0.15, -0.1) is 0 Å². The molecule has 3 rings (SSSR count). The quantitative estimate of drug-likeness (QED) is 0.883. The first-order chi connectivity index (χ1) is 12.5. The fourth-order valence-corrected chi connectivity index (χ4v) is 3.65. The minimum absolute atomic E-state index is 0.0856. The van der Waals surface area contributed by atoms with Crippen LogP contribution in [0.25, 0.3) is 0 Å². The van der Waals surface area contributed by atoms with Crippen molar-refractivity contribution in [2.24, 2.45) is 5.92 Å². The van der Waals surface area contributed by atoms with Gasteiger partial charge >= 0.3 is 5.97 Å². The summed E-state index contributed by atoms with van der Waals surface area (Å²) < 4.78 is 18.8. The summed E-state index contributed by atoms with van der Waals surface area (Å²) in [5.41, 5.74) is 2.72. The summed E-state index contributed by atoms with van der Waals surface area (Å²) in [4.78, 5) is 13.8. The van der Waals surface area contributed by atoms with Crippen LogP contribution in [0.1, 0.15) is 29.0 Å². The molecule has 0 aromatic heterocycles. The smallest absolute Gasteiger partial charge is 0.307 e. The highest BCUT2D eigenvalue weighted by Crippen LogP contribution is 2.32. The number of carbonyl (C=O) groups is 1. The number of aryl methyl sites for hydroxylation is 1. The number of rotatable bonds is 5. The van der Waals surface area contributed by atoms with E-state index in [-0.39, 0.29) is 11.7 Å². The molecule has 4 nitrogen and oxygen atoms in total. The summed E-state index contributed by atoms with van der Waals surface area (Å²) in [7, 11) is 1.63. The van der Waals surface area contributed by atoms with E-state index in [4.69, 9.17) is 4.74 Å². The second-order valence-electron chi connectivity index (χ2n) is 7.02. The van der Waals surface area contributed by atoms with Crippen molar-refractivity contribution >= 4 is 5.97 Å². The van der Waals surface area contributed by atoms with Crippen LogP contribution in [0.15, 0.2) is 42.5 Å². The number of nitrogens with zero attached hydrogens (tertiary/aromatic N) is 1. The topological polar surface area (TPSA) is 49.8 Å². The lowest BCUT2D eigenvalue weighted by atomic mass is 9.84. The molecule has 0 amide bonds. The lowest BCUT2D eigenvalue weighted by molar-refractivity contribution is -0.144. The maximum Gasteiger partial charge on any atom is 0.307 e. The molecule has 26 heavy (non-hydrogen) atoms. The Labute approximate surface area is 153 Å². The third kappa shape index (κ3) is 4.22. The van der Waals surface area contributed by atoms with Crippen LogP contribution in [0.3, 0.4) is 0 Å². The Balaban J connectivity index is 1.78. The van der Waals surface area contributed by atoms with Gasteiger partial charge in [-0.2, -0.15) is 0 Å². The van der Waals surface area contributed by atoms with Crippen LogP contribution in [0, 0.1) is 18.7 Å². The molecule has 1 fully saturated rings. The SMILES string of the molecule is COc1ccc(CN2CC(C(=O)O)CC(c3ccc(F)c(C)c3)C2)cc1. The zero-order valence-corrected chi connectivity index (χ0v) is 15.1. The number of methoxy groups -OCH3 is 1. The number of ether oxygens (including phenoxy) is 1. The van der Waals surface area contributed by atoms with Crippen molar-refractivity contribution < 1.29 is 19.0 Å². The van der Waals surface area contributed by atoms with E-state index in [1.807, 2.05) is 30.3 Å². The van der Waals surface area contributed by atoms with Crippen molar-refractivity contribution in [1.82, 2.24) is 4.90 Å². The summed E-state index contributed by atoms with van der Waals surface area (Å²) in [6, 6.07) is 12.9. The van der Waals surface area contributed by atoms with E-state index in [0.29, 0.717) is 25.1 Å². The maximum atomic E-state index is 13.6. The van der Waals surface area contributed by atoms with Gasteiger partial charge < -0.3 is 9.84 Å². The number of carboxylic acids is 1. The molecule has 1 aliphatic rings. The number of hydrogen-bond donors (Lipinski definition) is 1. The minimum Gasteiger partial charge on any atom is -0.497 e. The molecule has 2 aromatic carbocycles. The Morgan fingerprint density at radius 1 is 1.23 bits per heavy atom. The van der Waals surface area contributed by atoms with Crippen LogP contribution in [-0.4, -0.2) is 36.2 Å². The van der Waals surface area contributed by atoms with Crippen molar-refractivity contribution in [2.45, 2.75) is 25.8 Å². The van der Waals surface area contributed by atoms with E-state index in [9.17, 15) is 14.3 Å². The van der Waals surface area contributed by atoms with Crippen LogP contribution in [0.4, 0.5) is 4.39 Å². The van der Waals surface area contributed by atoms with Gasteiger partial charge in [0.15, 0.2) is 0 Å². The summed E-state index contributed by atoms with van der Waals surface area (Å²) in [6.45, 7) is 3.72. The van der Waals surface area contributed by atoms with Crippen molar-refractivity contribution in [3.8, 4) is 5.75 Å². The standard InChI is InChI=1S/C21H24FNO3/c1-14-9-16(5-8-20(14)22)17-10-18(21(24)25)13-23(12-17)11-15-3-6-19(26-2)7-4-15/h3-9,17-18H,10-13H2,1-2H3,(H,24,25). The second kappa shape index (κ2) is 7.87. The molecule has 0 aliphatic carbocycles. The highest BCUT2D eigenvalue weighted by atomic mass is 19.1. The van der Waals surface area contributed by atoms with Crippen LogP contribution >= 0.6 is 0 Å². The molecule has 1 N–H and O–H groups in total. The third-order valence-electron chi connectivity index (χ3n) is 5.09. The Kier molecular flexibility index (Phi) is 5.57. The first kappa shape index (κ1) is 18.4. The van der Waals surface area contributed by atoms with Crippen LogP contribution in [0.2, 0.25) is 0 Å². The Bertz CT molecular complexity index is 775. The van der Waals surface area contributed by atoms with Crippen molar-refractivity contribution in [3.63, 3.8) is 0 Å². The predicted molar refractivity (Wildman–Crippen MR) is 97.9 cm³/mol. The molecule has 0 radical (unpaired) electrons. The Morgan fingerprint density at radius 2 is 1.96 bits per heavy atom. The number of carboxylic acid groups (broad SMARTS) is 1. The van der Waals surface area contributed by atoms with Crippen LogP contribution in [0.5, 0.6) is 5.75 Å². The van der Waals surface area contributed by atoms with Gasteiger partial charge in [-0.3, -0.25) is 9.69 Å². The van der Waals surface area contributed by atoms with E-state index in [1.54, 1.807) is 20.1 Å². The molecule has 2 atom stereocenters. The normalized spacial score (nSPS) is 20.7. The van der Waals surface area contributed by atoms with Gasteiger partial charge in [0.05, 0.1) is 13.0 Å². The van der Waals surface area contributed by atoms with E-state index >= 15 is 0 Å². The van der Waals surface area contributed by atoms with Crippen molar-refractivity contribution in [1.29, 1.82) is 0 Å². The van der Waals surface area contributed by atoms with Crippen molar-refractivity contribution in [3.05, 3.63) is 65.0 Å². The highest BCUT2D eigenvalue weighted by Gasteiger charge is 2.32. The van der Waals surface area contributed by atoms with E-state index < -0.39 is 11.9 Å². The average molecular weight is 357 g/mol. The summed E-state index contributed by atoms with van der Waals surface area (Å²) >= 11 is 0. The van der Waals surface area contributed by atoms with Crippen LogP contribution in [-0.2, 0) is 11.3 Å². The van der Waals surface area contributed by atoms with Gasteiger partial charge in [0.1, 0.15) is 11.6 Å². The van der Waals surface area contributed by atoms with Crippen molar-refractivity contribution in [2.75, 3.05) is 20.2 Å². The fourth-order valence-electron chi connectivity index (χ4n) is 3.65. The van der Waals surface area contributed by atoms with Gasteiger partial charge in [-0.05, 0) is 54.2 Å². The number of likely N-dealkylation sites (tertiary alicyclic amines) is 1. The molecule has 0 saturated carbocycles. The second-order valence-corrected chi connectivity index (χ2v) is 7.02. The number of halogens is 1. The molecule has 1 aliphatic heterocycles. The Hall–Kier alpha value is -2.40. The van der Waals surface area contributed by atoms with Crippen LogP contribution < -0.4 is 4.74 Å². The monoisotopic (exact) mass is 357 g/mol. The number of hydrogen-bond acceptors (Lipinski definition) is 3. The van der Waals surface area contributed by atoms with E-state index in [1.165, 1.54) is 6.07 Å². The molecular weight excluding hydrogens is 333 g/mol. The molecule has 2 unspecified atom stereocenters. The minimum atomic E-state index is -0.770. The summed E-state index contributed by atoms with van der Waals surface area (Å²) in [5.74, 6) is -0.530. The zero-order valence-electron chi connectivity index (χ0n) is 15.1. The lowest BCUT2D eigenvalue weighted by Gasteiger charge is -2.36. The lowest BCUT2D eigenvalue weighted by Crippen LogP contribution is -2.41. The fraction of sp³-hybridized carbons (Fsp3) is 0.381. The van der Waals surface area contributed by atoms with Gasteiger partial charge in [0.25, 0.3) is 0 Å². The van der Waals surface area contributed by atoms with E-state index in [2.05, 4.69) is 4.90 Å².